The van der Waals surface area contributed by atoms with E-state index in [1.54, 1.807) is 18.2 Å². The van der Waals surface area contributed by atoms with Crippen LogP contribution in [0.15, 0.2) is 24.3 Å². The fraction of sp³-hybridized carbons (Fsp3) is 0.357. The number of hydrogen-bond donors (Lipinski definition) is 2. The summed E-state index contributed by atoms with van der Waals surface area (Å²) in [5.41, 5.74) is 0. The molecule has 0 aromatic carbocycles. The van der Waals surface area contributed by atoms with Crippen LogP contribution in [0, 0.1) is 23.7 Å². The van der Waals surface area contributed by atoms with Crippen molar-refractivity contribution in [3.05, 3.63) is 24.3 Å². The van der Waals surface area contributed by atoms with Gasteiger partial charge in [0.15, 0.2) is 0 Å². The van der Waals surface area contributed by atoms with Gasteiger partial charge in [-0.05, 0) is 31.3 Å². The summed E-state index contributed by atoms with van der Waals surface area (Å²) in [6.07, 6.45) is 5.98. The predicted octanol–water partition coefficient (Wildman–Crippen LogP) is 0.826. The molecule has 0 fully saturated rings. The highest BCUT2D eigenvalue weighted by Crippen LogP contribution is 1.96. The Morgan fingerprint density at radius 2 is 2.00 bits per heavy atom. The first-order valence-electron chi connectivity index (χ1n) is 5.31. The van der Waals surface area contributed by atoms with Crippen molar-refractivity contribution >= 4 is 6.29 Å². The van der Waals surface area contributed by atoms with Crippen LogP contribution < -0.4 is 0 Å². The topological polar surface area (TPSA) is 57.5 Å². The lowest BCUT2D eigenvalue weighted by molar-refractivity contribution is -0.107. The average Bonchev–Trinajstić information content (AvgIpc) is 2.34. The van der Waals surface area contributed by atoms with Crippen LogP contribution in [-0.4, -0.2) is 28.7 Å². The third-order valence-corrected chi connectivity index (χ3v) is 1.71. The molecule has 17 heavy (non-hydrogen) atoms. The van der Waals surface area contributed by atoms with E-state index in [0.717, 1.165) is 6.29 Å². The van der Waals surface area contributed by atoms with Crippen LogP contribution in [0.25, 0.3) is 0 Å². The van der Waals surface area contributed by atoms with Gasteiger partial charge in [-0.2, -0.15) is 0 Å². The van der Waals surface area contributed by atoms with E-state index < -0.39 is 12.2 Å². The van der Waals surface area contributed by atoms with E-state index >= 15 is 0 Å². The molecule has 0 bridgehead atoms. The highest BCUT2D eigenvalue weighted by atomic mass is 16.3. The molecule has 0 aliphatic rings. The van der Waals surface area contributed by atoms with E-state index in [9.17, 15) is 15.0 Å². The van der Waals surface area contributed by atoms with Gasteiger partial charge in [0, 0.05) is 6.42 Å². The molecule has 0 aliphatic heterocycles. The Morgan fingerprint density at radius 1 is 1.24 bits per heavy atom. The van der Waals surface area contributed by atoms with Crippen LogP contribution in [0.2, 0.25) is 0 Å². The first-order valence-corrected chi connectivity index (χ1v) is 5.31. The first-order chi connectivity index (χ1) is 8.22. The summed E-state index contributed by atoms with van der Waals surface area (Å²) in [7, 11) is 0. The average molecular weight is 232 g/mol. The third kappa shape index (κ3) is 9.14. The predicted molar refractivity (Wildman–Crippen MR) is 66.8 cm³/mol. The fourth-order valence-electron chi connectivity index (χ4n) is 0.862. The number of rotatable bonds is 5. The number of carbonyl (C=O) groups is 1. The Labute approximate surface area is 102 Å². The molecule has 0 amide bonds. The fourth-order valence-corrected chi connectivity index (χ4v) is 0.862. The summed E-state index contributed by atoms with van der Waals surface area (Å²) in [6.45, 7) is 1.84. The quantitative estimate of drug-likeness (QED) is 0.319. The standard InChI is InChI=1S/C14H16O3/c1-2-3-4-5-7-10-13(16)14(17)11-8-6-9-12-15/h2-3,8,11-14,16-17H,6,9H2,1H3. The smallest absolute Gasteiger partial charge is 0.145 e. The molecule has 3 nitrogen and oxygen atoms in total. The molecular formula is C14H16O3. The van der Waals surface area contributed by atoms with Crippen LogP contribution in [0.4, 0.5) is 0 Å². The van der Waals surface area contributed by atoms with Crippen LogP contribution in [0.1, 0.15) is 19.8 Å². The zero-order chi connectivity index (χ0) is 12.9. The molecule has 3 heteroatoms. The molecule has 0 aromatic rings. The van der Waals surface area contributed by atoms with Gasteiger partial charge >= 0.3 is 0 Å². The first kappa shape index (κ1) is 15.2. The molecule has 0 aliphatic carbocycles. The van der Waals surface area contributed by atoms with Gasteiger partial charge in [-0.3, -0.25) is 0 Å². The van der Waals surface area contributed by atoms with E-state index in [1.165, 1.54) is 6.08 Å². The van der Waals surface area contributed by atoms with E-state index in [-0.39, 0.29) is 0 Å². The number of aldehydes is 1. The van der Waals surface area contributed by atoms with Gasteiger partial charge < -0.3 is 15.0 Å². The Morgan fingerprint density at radius 3 is 2.65 bits per heavy atom. The van der Waals surface area contributed by atoms with Crippen molar-refractivity contribution in [1.82, 2.24) is 0 Å². The number of carbonyl (C=O) groups excluding carboxylic acids is 1. The zero-order valence-corrected chi connectivity index (χ0v) is 9.76. The molecule has 0 aromatic heterocycles. The van der Waals surface area contributed by atoms with Crippen molar-refractivity contribution in [3.63, 3.8) is 0 Å². The van der Waals surface area contributed by atoms with Crippen molar-refractivity contribution in [2.24, 2.45) is 0 Å². The van der Waals surface area contributed by atoms with Crippen molar-refractivity contribution in [1.29, 1.82) is 0 Å². The molecular weight excluding hydrogens is 216 g/mol. The third-order valence-electron chi connectivity index (χ3n) is 1.71. The second-order valence-corrected chi connectivity index (χ2v) is 3.15. The molecule has 0 heterocycles. The highest BCUT2D eigenvalue weighted by molar-refractivity contribution is 5.49. The molecule has 0 rings (SSSR count). The number of aliphatic hydroxyl groups is 2. The number of aliphatic hydroxyl groups excluding tert-OH is 2. The lowest BCUT2D eigenvalue weighted by Crippen LogP contribution is -2.21. The summed E-state index contributed by atoms with van der Waals surface area (Å²) >= 11 is 0. The largest absolute Gasteiger partial charge is 0.385 e. The van der Waals surface area contributed by atoms with Gasteiger partial charge in [0.2, 0.25) is 0 Å². The number of allylic oxidation sites excluding steroid dienone is 3. The molecule has 0 spiro atoms. The zero-order valence-electron chi connectivity index (χ0n) is 9.76. The second kappa shape index (κ2) is 10.7. The van der Waals surface area contributed by atoms with Crippen molar-refractivity contribution < 1.29 is 15.0 Å². The van der Waals surface area contributed by atoms with Crippen molar-refractivity contribution in [3.8, 4) is 23.7 Å². The van der Waals surface area contributed by atoms with E-state index in [2.05, 4.69) is 23.7 Å². The van der Waals surface area contributed by atoms with Gasteiger partial charge in [-0.1, -0.05) is 30.1 Å². The van der Waals surface area contributed by atoms with E-state index in [0.29, 0.717) is 12.8 Å². The van der Waals surface area contributed by atoms with Gasteiger partial charge in [-0.25, -0.2) is 0 Å². The monoisotopic (exact) mass is 232 g/mol. The minimum Gasteiger partial charge on any atom is -0.385 e. The Bertz CT molecular complexity index is 385. The van der Waals surface area contributed by atoms with Crippen molar-refractivity contribution in [2.75, 3.05) is 0 Å². The van der Waals surface area contributed by atoms with Crippen LogP contribution >= 0.6 is 0 Å². The Hall–Kier alpha value is -1.81. The SMILES string of the molecule is CC=CC#CC#CC(O)C(O)C=CCCC=O. The van der Waals surface area contributed by atoms with Gasteiger partial charge in [0.1, 0.15) is 18.5 Å². The molecule has 0 saturated heterocycles. The summed E-state index contributed by atoms with van der Waals surface area (Å²) in [6, 6.07) is 0. The summed E-state index contributed by atoms with van der Waals surface area (Å²) in [5, 5.41) is 18.8. The highest BCUT2D eigenvalue weighted by Gasteiger charge is 2.08. The maximum Gasteiger partial charge on any atom is 0.145 e. The Kier molecular flexibility index (Phi) is 9.56. The minimum absolute atomic E-state index is 0.403. The molecule has 0 saturated carbocycles. The lowest BCUT2D eigenvalue weighted by Gasteiger charge is -2.06. The molecule has 90 valence electrons. The van der Waals surface area contributed by atoms with E-state index in [4.69, 9.17) is 0 Å². The molecule has 2 unspecified atom stereocenters. The van der Waals surface area contributed by atoms with Crippen LogP contribution in [0.3, 0.4) is 0 Å². The number of hydrogen-bond acceptors (Lipinski definition) is 3. The summed E-state index contributed by atoms with van der Waals surface area (Å²) in [4.78, 5) is 10.0. The number of unbranched alkanes of at least 4 members (excludes halogenated alkanes) is 1. The van der Waals surface area contributed by atoms with Crippen molar-refractivity contribution in [2.45, 2.75) is 32.0 Å². The van der Waals surface area contributed by atoms with E-state index in [1.807, 2.05) is 6.92 Å². The molecule has 0 radical (unpaired) electrons. The Balaban J connectivity index is 4.13. The van der Waals surface area contributed by atoms with Gasteiger partial charge in [0.25, 0.3) is 0 Å². The summed E-state index contributed by atoms with van der Waals surface area (Å²) in [5.74, 6) is 9.99. The maximum absolute atomic E-state index is 10.0. The van der Waals surface area contributed by atoms with Crippen LogP contribution in [-0.2, 0) is 4.79 Å². The van der Waals surface area contributed by atoms with Gasteiger partial charge in [0.05, 0.1) is 0 Å². The molecule has 2 atom stereocenters. The summed E-state index contributed by atoms with van der Waals surface area (Å²) < 4.78 is 0. The maximum atomic E-state index is 10.0. The van der Waals surface area contributed by atoms with Crippen LogP contribution in [0.5, 0.6) is 0 Å². The normalized spacial score (nSPS) is 13.6. The lowest BCUT2D eigenvalue weighted by atomic mass is 10.2. The second-order valence-electron chi connectivity index (χ2n) is 3.15. The molecule has 2 N–H and O–H groups in total. The minimum atomic E-state index is -1.16. The van der Waals surface area contributed by atoms with Gasteiger partial charge in [-0.15, -0.1) is 0 Å².